The van der Waals surface area contributed by atoms with Gasteiger partial charge in [-0.05, 0) is 86.5 Å². The molecule has 1 heterocycles. The van der Waals surface area contributed by atoms with E-state index in [2.05, 4.69) is 27.3 Å². The Hall–Kier alpha value is -4.08. The van der Waals surface area contributed by atoms with E-state index in [9.17, 15) is 14.0 Å². The third-order valence-electron chi connectivity index (χ3n) is 5.95. The lowest BCUT2D eigenvalue weighted by atomic mass is 10.1. The van der Waals surface area contributed by atoms with Crippen LogP contribution in [-0.4, -0.2) is 24.0 Å². The van der Waals surface area contributed by atoms with Crippen molar-refractivity contribution in [1.82, 2.24) is 5.32 Å². The number of nitrogens with zero attached hydrogens (tertiary/aromatic N) is 1. The van der Waals surface area contributed by atoms with Gasteiger partial charge in [0.25, 0.3) is 11.8 Å². The maximum Gasteiger partial charge on any atom is 0.270 e. The number of nitrogens with one attached hydrogen (secondary N) is 1. The molecular weight excluding hydrogens is 571 g/mol. The quantitative estimate of drug-likeness (QED) is 0.165. The van der Waals surface area contributed by atoms with Gasteiger partial charge in [-0.15, -0.1) is 0 Å². The van der Waals surface area contributed by atoms with Crippen LogP contribution in [0, 0.1) is 5.82 Å². The second-order valence-corrected chi connectivity index (χ2v) is 9.65. The number of rotatable bonds is 6. The molecule has 4 aromatic carbocycles. The third-order valence-corrected chi connectivity index (χ3v) is 6.83. The van der Waals surface area contributed by atoms with Crippen molar-refractivity contribution in [3.8, 4) is 11.5 Å². The molecule has 0 atom stereocenters. The SMILES string of the molecule is COc1cc(/C=C2\C(=O)NC(=S)N(c3ccccc3F)C2=O)cc(Br)c1OCc1ccc2ccccc2c1. The van der Waals surface area contributed by atoms with Crippen LogP contribution in [0.3, 0.4) is 0 Å². The van der Waals surface area contributed by atoms with Gasteiger partial charge in [-0.1, -0.05) is 48.5 Å². The van der Waals surface area contributed by atoms with E-state index in [1.54, 1.807) is 18.2 Å². The maximum atomic E-state index is 14.4. The first-order valence-electron chi connectivity index (χ1n) is 11.5. The summed E-state index contributed by atoms with van der Waals surface area (Å²) in [5, 5.41) is 4.51. The van der Waals surface area contributed by atoms with Gasteiger partial charge in [-0.25, -0.2) is 9.29 Å². The molecule has 1 saturated heterocycles. The molecule has 0 radical (unpaired) electrons. The fraction of sp³-hybridized carbons (Fsp3) is 0.0690. The molecule has 190 valence electrons. The predicted octanol–water partition coefficient (Wildman–Crippen LogP) is 6.16. The number of anilines is 1. The maximum absolute atomic E-state index is 14.4. The average molecular weight is 591 g/mol. The van der Waals surface area contributed by atoms with Crippen LogP contribution in [0.2, 0.25) is 0 Å². The number of hydrogen-bond acceptors (Lipinski definition) is 5. The number of hydrogen-bond donors (Lipinski definition) is 1. The minimum atomic E-state index is -0.740. The van der Waals surface area contributed by atoms with Crippen molar-refractivity contribution in [1.29, 1.82) is 0 Å². The Morgan fingerprint density at radius 2 is 1.74 bits per heavy atom. The van der Waals surface area contributed by atoms with Gasteiger partial charge in [0.2, 0.25) is 0 Å². The molecule has 6 nitrogen and oxygen atoms in total. The van der Waals surface area contributed by atoms with Gasteiger partial charge < -0.3 is 9.47 Å². The second-order valence-electron chi connectivity index (χ2n) is 8.41. The predicted molar refractivity (Wildman–Crippen MR) is 152 cm³/mol. The second kappa shape index (κ2) is 10.7. The van der Waals surface area contributed by atoms with Crippen LogP contribution in [0.1, 0.15) is 11.1 Å². The fourth-order valence-electron chi connectivity index (χ4n) is 4.12. The van der Waals surface area contributed by atoms with E-state index in [4.69, 9.17) is 21.7 Å². The van der Waals surface area contributed by atoms with Crippen LogP contribution in [0.4, 0.5) is 10.1 Å². The average Bonchev–Trinajstić information content (AvgIpc) is 2.91. The number of fused-ring (bicyclic) bond motifs is 1. The van der Waals surface area contributed by atoms with Gasteiger partial charge in [0.15, 0.2) is 16.6 Å². The molecule has 38 heavy (non-hydrogen) atoms. The number of ether oxygens (including phenoxy) is 2. The Morgan fingerprint density at radius 3 is 2.50 bits per heavy atom. The van der Waals surface area contributed by atoms with Crippen molar-refractivity contribution < 1.29 is 23.5 Å². The number of amides is 2. The minimum absolute atomic E-state index is 0.0513. The van der Waals surface area contributed by atoms with Crippen molar-refractivity contribution in [3.63, 3.8) is 0 Å². The molecule has 0 aromatic heterocycles. The van der Waals surface area contributed by atoms with E-state index in [1.165, 1.54) is 31.4 Å². The first kappa shape index (κ1) is 25.6. The van der Waals surface area contributed by atoms with Gasteiger partial charge in [-0.2, -0.15) is 0 Å². The van der Waals surface area contributed by atoms with Crippen LogP contribution in [0.15, 0.2) is 88.9 Å². The Bertz CT molecular complexity index is 1640. The summed E-state index contributed by atoms with van der Waals surface area (Å²) in [6.07, 6.45) is 1.40. The normalized spacial score (nSPS) is 14.7. The largest absolute Gasteiger partial charge is 0.493 e. The molecule has 0 bridgehead atoms. The molecule has 2 amide bonds. The van der Waals surface area contributed by atoms with Crippen LogP contribution in [0.5, 0.6) is 11.5 Å². The summed E-state index contributed by atoms with van der Waals surface area (Å²) in [5.41, 5.74) is 1.22. The Morgan fingerprint density at radius 1 is 1.00 bits per heavy atom. The zero-order valence-electron chi connectivity index (χ0n) is 20.0. The monoisotopic (exact) mass is 590 g/mol. The van der Waals surface area contributed by atoms with E-state index in [-0.39, 0.29) is 16.4 Å². The summed E-state index contributed by atoms with van der Waals surface area (Å²) in [5.74, 6) is -1.19. The summed E-state index contributed by atoms with van der Waals surface area (Å²) in [6.45, 7) is 0.302. The van der Waals surface area contributed by atoms with Gasteiger partial charge >= 0.3 is 0 Å². The molecule has 1 aliphatic heterocycles. The molecule has 5 rings (SSSR count). The van der Waals surface area contributed by atoms with Gasteiger partial charge in [0, 0.05) is 0 Å². The van der Waals surface area contributed by atoms with E-state index in [0.29, 0.717) is 28.1 Å². The summed E-state index contributed by atoms with van der Waals surface area (Å²) >= 11 is 8.66. The number of halogens is 2. The topological polar surface area (TPSA) is 67.9 Å². The molecule has 9 heteroatoms. The van der Waals surface area contributed by atoms with Crippen LogP contribution in [-0.2, 0) is 16.2 Å². The van der Waals surface area contributed by atoms with E-state index in [1.807, 2.05) is 36.4 Å². The van der Waals surface area contributed by atoms with E-state index < -0.39 is 17.6 Å². The molecule has 1 N–H and O–H groups in total. The summed E-state index contributed by atoms with van der Waals surface area (Å²) in [6, 6.07) is 23.2. The molecule has 1 aliphatic rings. The van der Waals surface area contributed by atoms with Crippen molar-refractivity contribution in [2.75, 3.05) is 12.0 Å². The van der Waals surface area contributed by atoms with Crippen molar-refractivity contribution >= 4 is 67.6 Å². The van der Waals surface area contributed by atoms with E-state index in [0.717, 1.165) is 21.2 Å². The van der Waals surface area contributed by atoms with Crippen LogP contribution in [0.25, 0.3) is 16.8 Å². The van der Waals surface area contributed by atoms with Crippen molar-refractivity contribution in [2.24, 2.45) is 0 Å². The zero-order valence-corrected chi connectivity index (χ0v) is 22.4. The fourth-order valence-corrected chi connectivity index (χ4v) is 4.97. The lowest BCUT2D eigenvalue weighted by molar-refractivity contribution is -0.122. The highest BCUT2D eigenvalue weighted by Gasteiger charge is 2.35. The number of benzene rings is 4. The number of methoxy groups -OCH3 is 1. The van der Waals surface area contributed by atoms with E-state index >= 15 is 0 Å². The number of carbonyl (C=O) groups is 2. The molecule has 0 spiro atoms. The van der Waals surface area contributed by atoms with Gasteiger partial charge in [-0.3, -0.25) is 14.9 Å². The zero-order chi connectivity index (χ0) is 26.8. The lowest BCUT2D eigenvalue weighted by Gasteiger charge is -2.29. The Kier molecular flexibility index (Phi) is 7.22. The summed E-state index contributed by atoms with van der Waals surface area (Å²) in [7, 11) is 1.50. The smallest absolute Gasteiger partial charge is 0.270 e. The standard InChI is InChI=1S/C29H20BrFN2O4S/c1-36-25-15-18(13-21-27(34)32-29(38)33(28(21)35)24-9-5-4-8-23(24)31)14-22(30)26(25)37-16-17-10-11-19-6-2-3-7-20(19)12-17/h2-15H,16H2,1H3,(H,32,34,38)/b21-13+. The van der Waals surface area contributed by atoms with Crippen LogP contribution >= 0.6 is 28.1 Å². The molecule has 4 aromatic rings. The first-order chi connectivity index (χ1) is 18.4. The van der Waals surface area contributed by atoms with Gasteiger partial charge in [0.05, 0.1) is 17.3 Å². The number of carbonyl (C=O) groups excluding carboxylic acids is 2. The molecular formula is C29H20BrFN2O4S. The highest BCUT2D eigenvalue weighted by atomic mass is 79.9. The highest BCUT2D eigenvalue weighted by molar-refractivity contribution is 9.10. The molecule has 0 unspecified atom stereocenters. The highest BCUT2D eigenvalue weighted by Crippen LogP contribution is 2.38. The van der Waals surface area contributed by atoms with Gasteiger partial charge in [0.1, 0.15) is 18.0 Å². The minimum Gasteiger partial charge on any atom is -0.493 e. The Labute approximate surface area is 231 Å². The lowest BCUT2D eigenvalue weighted by Crippen LogP contribution is -2.54. The van der Waals surface area contributed by atoms with Crippen molar-refractivity contribution in [3.05, 3.63) is 106 Å². The Balaban J connectivity index is 1.43. The third kappa shape index (κ3) is 5.03. The van der Waals surface area contributed by atoms with Crippen LogP contribution < -0.4 is 19.7 Å². The van der Waals surface area contributed by atoms with Crippen molar-refractivity contribution in [2.45, 2.75) is 6.61 Å². The molecule has 1 fully saturated rings. The first-order valence-corrected chi connectivity index (χ1v) is 12.7. The number of thiocarbonyl (C=S) groups is 1. The summed E-state index contributed by atoms with van der Waals surface area (Å²) in [4.78, 5) is 26.9. The molecule has 0 saturated carbocycles. The summed E-state index contributed by atoms with van der Waals surface area (Å²) < 4.78 is 26.6. The molecule has 0 aliphatic carbocycles. The number of para-hydroxylation sites is 1.